The molecule has 1 aromatic heterocycles. The van der Waals surface area contributed by atoms with Gasteiger partial charge in [0.15, 0.2) is 0 Å². The van der Waals surface area contributed by atoms with Gasteiger partial charge >= 0.3 is 0 Å². The van der Waals surface area contributed by atoms with Gasteiger partial charge < -0.3 is 4.74 Å². The predicted octanol–water partition coefficient (Wildman–Crippen LogP) is 3.93. The van der Waals surface area contributed by atoms with E-state index in [9.17, 15) is 9.59 Å². The van der Waals surface area contributed by atoms with E-state index in [1.54, 1.807) is 42.3 Å². The molecule has 2 N–H and O–H groups in total. The summed E-state index contributed by atoms with van der Waals surface area (Å²) in [6.45, 7) is 1.84. The van der Waals surface area contributed by atoms with Crippen molar-refractivity contribution in [2.24, 2.45) is 0 Å². The molecule has 2 amide bonds. The van der Waals surface area contributed by atoms with Crippen LogP contribution in [0.5, 0.6) is 5.75 Å². The average molecular weight is 426 g/mol. The van der Waals surface area contributed by atoms with E-state index in [4.69, 9.17) is 4.74 Å². The molecule has 7 nitrogen and oxygen atoms in total. The number of nitrogens with one attached hydrogen (secondary N) is 2. The molecule has 0 fully saturated rings. The van der Waals surface area contributed by atoms with Crippen LogP contribution in [-0.2, 0) is 0 Å². The number of hydrogen-bond acceptors (Lipinski definition) is 4. The molecule has 0 aliphatic carbocycles. The fraction of sp³-hybridized carbons (Fsp3) is 0.0800. The van der Waals surface area contributed by atoms with Gasteiger partial charge in [0.05, 0.1) is 18.4 Å². The first kappa shape index (κ1) is 20.9. The molecule has 4 rings (SSSR count). The van der Waals surface area contributed by atoms with E-state index in [-0.39, 0.29) is 0 Å². The quantitative estimate of drug-likeness (QED) is 0.474. The number of para-hydroxylation sites is 1. The highest BCUT2D eigenvalue weighted by molar-refractivity contribution is 6.02. The first-order chi connectivity index (χ1) is 15.6. The number of hydrazine groups is 1. The normalized spacial score (nSPS) is 10.4. The van der Waals surface area contributed by atoms with Crippen molar-refractivity contribution in [2.45, 2.75) is 6.92 Å². The van der Waals surface area contributed by atoms with Gasteiger partial charge in [-0.1, -0.05) is 36.4 Å². The summed E-state index contributed by atoms with van der Waals surface area (Å²) in [5.41, 5.74) is 8.66. The largest absolute Gasteiger partial charge is 0.497 e. The van der Waals surface area contributed by atoms with E-state index in [1.165, 1.54) is 0 Å². The smallest absolute Gasteiger partial charge is 0.273 e. The number of aryl methyl sites for hydroxylation is 1. The van der Waals surface area contributed by atoms with Gasteiger partial charge in [-0.2, -0.15) is 5.10 Å². The summed E-state index contributed by atoms with van der Waals surface area (Å²) in [5, 5.41) is 4.63. The van der Waals surface area contributed by atoms with Gasteiger partial charge in [-0.15, -0.1) is 0 Å². The first-order valence-corrected chi connectivity index (χ1v) is 10.0. The molecule has 32 heavy (non-hydrogen) atoms. The number of benzene rings is 3. The van der Waals surface area contributed by atoms with E-state index in [2.05, 4.69) is 16.0 Å². The van der Waals surface area contributed by atoms with Crippen molar-refractivity contribution < 1.29 is 14.3 Å². The van der Waals surface area contributed by atoms with Crippen LogP contribution in [-0.4, -0.2) is 28.7 Å². The molecule has 0 saturated carbocycles. The van der Waals surface area contributed by atoms with Gasteiger partial charge in [0.2, 0.25) is 0 Å². The Bertz CT molecular complexity index is 1250. The zero-order valence-corrected chi connectivity index (χ0v) is 17.7. The molecule has 0 bridgehead atoms. The lowest BCUT2D eigenvalue weighted by molar-refractivity contribution is 0.0846. The zero-order valence-electron chi connectivity index (χ0n) is 17.7. The fourth-order valence-corrected chi connectivity index (χ4v) is 3.29. The van der Waals surface area contributed by atoms with Gasteiger partial charge in [0, 0.05) is 17.3 Å². The Hall–Kier alpha value is -4.39. The molecule has 160 valence electrons. The highest BCUT2D eigenvalue weighted by atomic mass is 16.5. The molecular formula is C25H22N4O3. The maximum atomic E-state index is 13.0. The van der Waals surface area contributed by atoms with Crippen molar-refractivity contribution >= 4 is 11.8 Å². The highest BCUT2D eigenvalue weighted by Gasteiger charge is 2.20. The number of ether oxygens (including phenoxy) is 1. The Morgan fingerprint density at radius 1 is 0.812 bits per heavy atom. The second kappa shape index (κ2) is 9.18. The van der Waals surface area contributed by atoms with E-state index < -0.39 is 11.8 Å². The molecule has 4 aromatic rings. The number of methoxy groups -OCH3 is 1. The van der Waals surface area contributed by atoms with Crippen molar-refractivity contribution in [3.63, 3.8) is 0 Å². The molecule has 0 aliphatic rings. The minimum atomic E-state index is -0.472. The van der Waals surface area contributed by atoms with Crippen LogP contribution in [0.3, 0.4) is 0 Å². The molecule has 7 heteroatoms. The number of carbonyl (C=O) groups is 2. The number of aromatic nitrogens is 2. The van der Waals surface area contributed by atoms with Crippen molar-refractivity contribution in [1.82, 2.24) is 20.6 Å². The lowest BCUT2D eigenvalue weighted by Crippen LogP contribution is -2.41. The molecule has 0 spiro atoms. The molecule has 1 heterocycles. The second-order valence-corrected chi connectivity index (χ2v) is 7.12. The molecule has 0 unspecified atom stereocenters. The van der Waals surface area contributed by atoms with Crippen molar-refractivity contribution in [1.29, 1.82) is 0 Å². The van der Waals surface area contributed by atoms with Gasteiger partial charge in [-0.3, -0.25) is 20.4 Å². The van der Waals surface area contributed by atoms with Crippen molar-refractivity contribution in [3.05, 3.63) is 102 Å². The maximum absolute atomic E-state index is 13.0. The zero-order chi connectivity index (χ0) is 22.5. The van der Waals surface area contributed by atoms with Crippen molar-refractivity contribution in [3.8, 4) is 22.7 Å². The number of carbonyl (C=O) groups excluding carboxylic acids is 2. The van der Waals surface area contributed by atoms with Crippen LogP contribution in [0.15, 0.2) is 85.1 Å². The van der Waals surface area contributed by atoms with Gasteiger partial charge in [-0.05, 0) is 55.0 Å². The monoisotopic (exact) mass is 426 g/mol. The van der Waals surface area contributed by atoms with E-state index in [0.29, 0.717) is 22.6 Å². The summed E-state index contributed by atoms with van der Waals surface area (Å²) >= 11 is 0. The molecular weight excluding hydrogens is 404 g/mol. The summed E-state index contributed by atoms with van der Waals surface area (Å²) in [4.78, 5) is 25.5. The van der Waals surface area contributed by atoms with Crippen LogP contribution in [0.1, 0.15) is 26.3 Å². The number of rotatable bonds is 5. The average Bonchev–Trinajstić information content (AvgIpc) is 3.29. The van der Waals surface area contributed by atoms with Crippen LogP contribution < -0.4 is 15.6 Å². The molecule has 0 aliphatic heterocycles. The van der Waals surface area contributed by atoms with E-state index >= 15 is 0 Å². The third kappa shape index (κ3) is 4.37. The van der Waals surface area contributed by atoms with Crippen LogP contribution in [0.2, 0.25) is 0 Å². The summed E-state index contributed by atoms with van der Waals surface area (Å²) in [5.74, 6) is -0.162. The number of nitrogens with zero attached hydrogens (tertiary/aromatic N) is 2. The number of hydrogen-bond donors (Lipinski definition) is 2. The second-order valence-electron chi connectivity index (χ2n) is 7.12. The van der Waals surface area contributed by atoms with Gasteiger partial charge in [0.1, 0.15) is 11.4 Å². The summed E-state index contributed by atoms with van der Waals surface area (Å²) < 4.78 is 6.86. The third-order valence-corrected chi connectivity index (χ3v) is 5.02. The summed E-state index contributed by atoms with van der Waals surface area (Å²) in [6, 6.07) is 23.9. The molecule has 0 atom stereocenters. The van der Waals surface area contributed by atoms with Crippen molar-refractivity contribution in [2.75, 3.05) is 7.11 Å². The minimum Gasteiger partial charge on any atom is -0.497 e. The first-order valence-electron chi connectivity index (χ1n) is 10.0. The Balaban J connectivity index is 1.63. The molecule has 3 aromatic carbocycles. The summed E-state index contributed by atoms with van der Waals surface area (Å²) in [7, 11) is 1.59. The Kier molecular flexibility index (Phi) is 5.98. The maximum Gasteiger partial charge on any atom is 0.273 e. The lowest BCUT2D eigenvalue weighted by Gasteiger charge is -2.09. The Morgan fingerprint density at radius 2 is 1.44 bits per heavy atom. The standard InChI is InChI=1S/C25H22N4O3/c1-17-8-6-7-11-21(17)24(30)26-27-25(31)22-16-29(19-9-4-3-5-10-19)28-23(22)18-12-14-20(32-2)15-13-18/h3-16H,1-2H3,(H,26,30)(H,27,31). The minimum absolute atomic E-state index is 0.323. The summed E-state index contributed by atoms with van der Waals surface area (Å²) in [6.07, 6.45) is 1.64. The third-order valence-electron chi connectivity index (χ3n) is 5.02. The fourth-order valence-electron chi connectivity index (χ4n) is 3.29. The predicted molar refractivity (Wildman–Crippen MR) is 122 cm³/mol. The molecule has 0 saturated heterocycles. The van der Waals surface area contributed by atoms with Crippen LogP contribution in [0, 0.1) is 6.92 Å². The van der Waals surface area contributed by atoms with Crippen LogP contribution >= 0.6 is 0 Å². The van der Waals surface area contributed by atoms with E-state index in [1.807, 2.05) is 61.5 Å². The molecule has 0 radical (unpaired) electrons. The Labute approximate surface area is 185 Å². The topological polar surface area (TPSA) is 85.2 Å². The number of amides is 2. The lowest BCUT2D eigenvalue weighted by atomic mass is 10.1. The highest BCUT2D eigenvalue weighted by Crippen LogP contribution is 2.25. The Morgan fingerprint density at radius 3 is 2.09 bits per heavy atom. The van der Waals surface area contributed by atoms with E-state index in [0.717, 1.165) is 16.8 Å². The van der Waals surface area contributed by atoms with Crippen LogP contribution in [0.25, 0.3) is 16.9 Å². The van der Waals surface area contributed by atoms with Crippen LogP contribution in [0.4, 0.5) is 0 Å². The SMILES string of the molecule is COc1ccc(-c2nn(-c3ccccc3)cc2C(=O)NNC(=O)c2ccccc2C)cc1. The van der Waals surface area contributed by atoms with Gasteiger partial charge in [-0.25, -0.2) is 4.68 Å². The van der Waals surface area contributed by atoms with Gasteiger partial charge in [0.25, 0.3) is 11.8 Å².